The first-order valence-corrected chi connectivity index (χ1v) is 8.50. The first kappa shape index (κ1) is 16.2. The van der Waals surface area contributed by atoms with E-state index in [4.69, 9.17) is 5.73 Å². The molecule has 130 valence electrons. The minimum Gasteiger partial charge on any atom is -0.368 e. The number of aromatic nitrogens is 4. The Labute approximate surface area is 151 Å². The van der Waals surface area contributed by atoms with Gasteiger partial charge in [-0.15, -0.1) is 5.10 Å². The van der Waals surface area contributed by atoms with Crippen LogP contribution >= 0.6 is 11.3 Å². The van der Waals surface area contributed by atoms with Crippen molar-refractivity contribution in [1.29, 1.82) is 0 Å². The van der Waals surface area contributed by atoms with E-state index in [1.807, 2.05) is 12.1 Å². The average Bonchev–Trinajstić information content (AvgIpc) is 3.20. The molecule has 1 atom stereocenters. The van der Waals surface area contributed by atoms with Gasteiger partial charge in [-0.1, -0.05) is 23.5 Å². The second-order valence-electron chi connectivity index (χ2n) is 5.53. The van der Waals surface area contributed by atoms with Gasteiger partial charge in [0.05, 0.1) is 11.9 Å². The smallest absolute Gasteiger partial charge is 0.244 e. The maximum absolute atomic E-state index is 13.1. The van der Waals surface area contributed by atoms with Crippen LogP contribution in [0.25, 0.3) is 16.2 Å². The molecule has 0 saturated heterocycles. The van der Waals surface area contributed by atoms with Crippen LogP contribution in [0.15, 0.2) is 55.0 Å². The Hall–Kier alpha value is -3.33. The fourth-order valence-corrected chi connectivity index (χ4v) is 3.32. The van der Waals surface area contributed by atoms with Gasteiger partial charge in [-0.2, -0.15) is 0 Å². The van der Waals surface area contributed by atoms with Gasteiger partial charge in [0.15, 0.2) is 0 Å². The lowest BCUT2D eigenvalue weighted by atomic mass is 10.1. The number of nitrogens with zero attached hydrogens (tertiary/aromatic N) is 4. The third kappa shape index (κ3) is 3.11. The number of hydrogen-bond donors (Lipinski definition) is 2. The molecular weight excluding hydrogens is 355 g/mol. The van der Waals surface area contributed by atoms with Gasteiger partial charge in [0.25, 0.3) is 0 Å². The van der Waals surface area contributed by atoms with E-state index in [9.17, 15) is 9.18 Å². The molecule has 0 saturated carbocycles. The minimum absolute atomic E-state index is 0.382. The highest BCUT2D eigenvalue weighted by Gasteiger charge is 2.20. The van der Waals surface area contributed by atoms with Crippen molar-refractivity contribution in [3.8, 4) is 11.3 Å². The number of primary amides is 1. The van der Waals surface area contributed by atoms with Gasteiger partial charge in [-0.3, -0.25) is 9.78 Å². The zero-order valence-corrected chi connectivity index (χ0v) is 14.2. The highest BCUT2D eigenvalue weighted by atomic mass is 32.1. The van der Waals surface area contributed by atoms with E-state index in [1.54, 1.807) is 23.1 Å². The van der Waals surface area contributed by atoms with Gasteiger partial charge in [-0.05, 0) is 29.8 Å². The average molecular weight is 368 g/mol. The third-order valence-electron chi connectivity index (χ3n) is 3.76. The molecule has 0 radical (unpaired) electrons. The van der Waals surface area contributed by atoms with Crippen LogP contribution < -0.4 is 11.1 Å². The number of hydrogen-bond acceptors (Lipinski definition) is 6. The number of carbonyl (C=O) groups is 1. The fourth-order valence-electron chi connectivity index (χ4n) is 2.51. The summed E-state index contributed by atoms with van der Waals surface area (Å²) in [6.07, 6.45) is 5.20. The van der Waals surface area contributed by atoms with Crippen LogP contribution in [-0.4, -0.2) is 25.5 Å². The predicted octanol–water partition coefficient (Wildman–Crippen LogP) is 2.63. The van der Waals surface area contributed by atoms with Crippen LogP contribution in [0, 0.1) is 5.82 Å². The van der Waals surface area contributed by atoms with E-state index in [-0.39, 0.29) is 5.82 Å². The molecule has 3 heterocycles. The summed E-state index contributed by atoms with van der Waals surface area (Å²) in [4.78, 5) is 21.0. The number of imidazole rings is 1. The van der Waals surface area contributed by atoms with Crippen LogP contribution in [0.1, 0.15) is 11.6 Å². The van der Waals surface area contributed by atoms with E-state index < -0.39 is 11.9 Å². The summed E-state index contributed by atoms with van der Waals surface area (Å²) in [5.74, 6) is -0.965. The second kappa shape index (κ2) is 6.52. The van der Waals surface area contributed by atoms with Crippen LogP contribution in [-0.2, 0) is 4.79 Å². The second-order valence-corrected chi connectivity index (χ2v) is 6.49. The van der Waals surface area contributed by atoms with Gasteiger partial charge >= 0.3 is 0 Å². The van der Waals surface area contributed by atoms with Crippen molar-refractivity contribution in [1.82, 2.24) is 19.6 Å². The standard InChI is InChI=1S/C17H13FN6OS/c18-12-5-3-10(4-6-12)14(15(19)25)22-16-23-24-9-13(21-17(24)26-16)11-2-1-7-20-8-11/h1-9,14H,(H2,19,25)(H,22,23). The molecule has 0 aliphatic rings. The number of rotatable bonds is 5. The van der Waals surface area contributed by atoms with E-state index in [0.717, 1.165) is 11.3 Å². The summed E-state index contributed by atoms with van der Waals surface area (Å²) in [6.45, 7) is 0. The molecule has 0 spiro atoms. The Morgan fingerprint density at radius 3 is 2.73 bits per heavy atom. The molecule has 0 aliphatic heterocycles. The van der Waals surface area contributed by atoms with Gasteiger partial charge in [-0.25, -0.2) is 13.9 Å². The van der Waals surface area contributed by atoms with Crippen LogP contribution in [0.5, 0.6) is 0 Å². The lowest BCUT2D eigenvalue weighted by molar-refractivity contribution is -0.118. The fraction of sp³-hybridized carbons (Fsp3) is 0.0588. The van der Waals surface area contributed by atoms with Gasteiger partial charge in [0, 0.05) is 18.0 Å². The lowest BCUT2D eigenvalue weighted by Gasteiger charge is -2.14. The van der Waals surface area contributed by atoms with Crippen LogP contribution in [0.4, 0.5) is 9.52 Å². The summed E-state index contributed by atoms with van der Waals surface area (Å²) in [5, 5.41) is 7.85. The molecule has 0 bridgehead atoms. The Morgan fingerprint density at radius 2 is 2.08 bits per heavy atom. The number of fused-ring (bicyclic) bond motifs is 1. The van der Waals surface area contributed by atoms with Crippen molar-refractivity contribution in [2.45, 2.75) is 6.04 Å². The van der Waals surface area contributed by atoms with Gasteiger partial charge in [0.1, 0.15) is 11.9 Å². The molecule has 4 aromatic rings. The zero-order chi connectivity index (χ0) is 18.1. The SMILES string of the molecule is NC(=O)C(Nc1nn2cc(-c3cccnc3)nc2s1)c1ccc(F)cc1. The molecule has 4 rings (SSSR count). The number of carbonyl (C=O) groups excluding carboxylic acids is 1. The first-order chi connectivity index (χ1) is 12.6. The van der Waals surface area contributed by atoms with Gasteiger partial charge in [0.2, 0.25) is 16.0 Å². The van der Waals surface area contributed by atoms with Gasteiger partial charge < -0.3 is 11.1 Å². The maximum Gasteiger partial charge on any atom is 0.244 e. The summed E-state index contributed by atoms with van der Waals surface area (Å²) in [6, 6.07) is 8.51. The summed E-state index contributed by atoms with van der Waals surface area (Å²) in [5.41, 5.74) is 7.68. The Morgan fingerprint density at radius 1 is 1.27 bits per heavy atom. The van der Waals surface area contributed by atoms with E-state index in [2.05, 4.69) is 20.4 Å². The third-order valence-corrected chi connectivity index (χ3v) is 4.61. The Balaban J connectivity index is 1.61. The number of amides is 1. The lowest BCUT2D eigenvalue weighted by Crippen LogP contribution is -2.27. The molecule has 7 nitrogen and oxygen atoms in total. The van der Waals surface area contributed by atoms with E-state index in [0.29, 0.717) is 15.7 Å². The number of nitrogens with two attached hydrogens (primary N) is 1. The number of nitrogens with one attached hydrogen (secondary N) is 1. The van der Waals surface area contributed by atoms with Crippen LogP contribution in [0.3, 0.4) is 0 Å². The molecule has 1 amide bonds. The Kier molecular flexibility index (Phi) is 4.05. The highest BCUT2D eigenvalue weighted by molar-refractivity contribution is 7.20. The van der Waals surface area contributed by atoms with E-state index in [1.165, 1.54) is 35.6 Å². The quantitative estimate of drug-likeness (QED) is 0.564. The van der Waals surface area contributed by atoms with Crippen molar-refractivity contribution in [3.05, 3.63) is 66.4 Å². The number of benzene rings is 1. The Bertz CT molecular complexity index is 1030. The summed E-state index contributed by atoms with van der Waals surface area (Å²) >= 11 is 1.28. The van der Waals surface area contributed by atoms with Crippen molar-refractivity contribution in [2.75, 3.05) is 5.32 Å². The minimum atomic E-state index is -0.816. The number of pyridine rings is 1. The monoisotopic (exact) mass is 368 g/mol. The largest absolute Gasteiger partial charge is 0.368 e. The van der Waals surface area contributed by atoms with Crippen molar-refractivity contribution in [2.24, 2.45) is 5.73 Å². The molecule has 3 N–H and O–H groups in total. The van der Waals surface area contributed by atoms with E-state index >= 15 is 0 Å². The molecule has 9 heteroatoms. The summed E-state index contributed by atoms with van der Waals surface area (Å²) < 4.78 is 14.7. The topological polar surface area (TPSA) is 98.2 Å². The molecule has 1 unspecified atom stereocenters. The number of halogens is 1. The van der Waals surface area contributed by atoms with Crippen LogP contribution in [0.2, 0.25) is 0 Å². The first-order valence-electron chi connectivity index (χ1n) is 7.68. The van der Waals surface area contributed by atoms with Crippen molar-refractivity contribution in [3.63, 3.8) is 0 Å². The summed E-state index contributed by atoms with van der Waals surface area (Å²) in [7, 11) is 0. The predicted molar refractivity (Wildman–Crippen MR) is 96.1 cm³/mol. The highest BCUT2D eigenvalue weighted by Crippen LogP contribution is 2.27. The molecule has 1 aromatic carbocycles. The molecule has 0 aliphatic carbocycles. The van der Waals surface area contributed by atoms with Crippen molar-refractivity contribution < 1.29 is 9.18 Å². The molecule has 3 aromatic heterocycles. The molecule has 0 fully saturated rings. The van der Waals surface area contributed by atoms with Crippen molar-refractivity contribution >= 4 is 27.3 Å². The molecular formula is C17H13FN6OS. The zero-order valence-electron chi connectivity index (χ0n) is 13.3. The normalized spacial score (nSPS) is 12.2. The number of anilines is 1. The molecule has 26 heavy (non-hydrogen) atoms. The maximum atomic E-state index is 13.1.